The Balaban J connectivity index is 1.99. The molecule has 0 atom stereocenters. The monoisotopic (exact) mass is 482 g/mol. The van der Waals surface area contributed by atoms with Crippen LogP contribution in [0.5, 0.6) is 5.75 Å². The third-order valence-corrected chi connectivity index (χ3v) is 11.0. The van der Waals surface area contributed by atoms with Crippen LogP contribution in [-0.2, 0) is 12.6 Å². The summed E-state index contributed by atoms with van der Waals surface area (Å²) in [6, 6.07) is 23.6. The molecule has 136 valence electrons. The van der Waals surface area contributed by atoms with Gasteiger partial charge in [-0.3, -0.25) is 0 Å². The van der Waals surface area contributed by atoms with Crippen molar-refractivity contribution >= 4 is 30.4 Å². The number of methoxy groups -OCH3 is 1. The van der Waals surface area contributed by atoms with E-state index in [2.05, 4.69) is 0 Å². The molecular weight excluding hydrogens is 463 g/mol. The van der Waals surface area contributed by atoms with Gasteiger partial charge in [0.05, 0.1) is 0 Å². The van der Waals surface area contributed by atoms with Gasteiger partial charge in [0, 0.05) is 0 Å². The van der Waals surface area contributed by atoms with Gasteiger partial charge in [-0.1, -0.05) is 0 Å². The van der Waals surface area contributed by atoms with E-state index >= 15 is 0 Å². The molecule has 3 aromatic carbocycles. The van der Waals surface area contributed by atoms with E-state index in [1.807, 2.05) is 61.5 Å². The van der Waals surface area contributed by atoms with Crippen LogP contribution in [-0.4, -0.2) is 15.5 Å². The van der Waals surface area contributed by atoms with E-state index in [9.17, 15) is 8.42 Å². The number of rotatable bonds is 6. The second-order valence-corrected chi connectivity index (χ2v) is 12.0. The van der Waals surface area contributed by atoms with Gasteiger partial charge in [0.15, 0.2) is 0 Å². The molecule has 3 rings (SSSR count). The fourth-order valence-electron chi connectivity index (χ4n) is 2.24. The minimum absolute atomic E-state index is 0.176. The van der Waals surface area contributed by atoms with Gasteiger partial charge in [-0.05, 0) is 0 Å². The number of aryl methyl sites for hydroxylation is 1. The van der Waals surface area contributed by atoms with Crippen molar-refractivity contribution in [2.45, 2.75) is 11.8 Å². The van der Waals surface area contributed by atoms with E-state index in [4.69, 9.17) is 7.25 Å². The average molecular weight is 482 g/mol. The first-order chi connectivity index (χ1) is 12.5. The molecule has 26 heavy (non-hydrogen) atoms. The van der Waals surface area contributed by atoms with Gasteiger partial charge >= 0.3 is 162 Å². The fourth-order valence-corrected chi connectivity index (χ4v) is 9.18. The third-order valence-electron chi connectivity index (χ3n) is 3.63. The van der Waals surface area contributed by atoms with Crippen LogP contribution in [0.3, 0.4) is 0 Å². The van der Waals surface area contributed by atoms with E-state index in [1.165, 1.54) is 0 Å². The van der Waals surface area contributed by atoms with Crippen molar-refractivity contribution in [1.82, 2.24) is 0 Å². The first-order valence-corrected chi connectivity index (χ1v) is 12.3. The molecule has 0 saturated heterocycles. The Morgan fingerprint density at radius 1 is 0.769 bits per heavy atom. The van der Waals surface area contributed by atoms with Gasteiger partial charge < -0.3 is 0 Å². The molecule has 0 spiro atoms. The van der Waals surface area contributed by atoms with Crippen molar-refractivity contribution in [1.29, 1.82) is 0 Å². The van der Waals surface area contributed by atoms with Crippen molar-refractivity contribution in [3.8, 4) is 5.75 Å². The summed E-state index contributed by atoms with van der Waals surface area (Å²) in [7, 11) is -2.25. The Bertz CT molecular complexity index is 953. The summed E-state index contributed by atoms with van der Waals surface area (Å²) in [5.74, 6) is 0.721. The molecule has 0 aromatic heterocycles. The standard InChI is InChI=1S/C20H19IO4S/c1-16-8-14-20(15-9-16)26(22,23)25-21(17-6-4-3-5-7-17)18-10-12-19(24-2)13-11-18/h3-15H,1-2H3. The normalized spacial score (nSPS) is 11.8. The van der Waals surface area contributed by atoms with Gasteiger partial charge in [0.2, 0.25) is 0 Å². The summed E-state index contributed by atoms with van der Waals surface area (Å²) in [6.07, 6.45) is 0. The molecule has 0 fully saturated rings. The molecule has 3 aromatic rings. The Hall–Kier alpha value is -1.90. The summed E-state index contributed by atoms with van der Waals surface area (Å²) >= 11 is -2.65. The summed E-state index contributed by atoms with van der Waals surface area (Å²) < 4.78 is 38.4. The van der Waals surface area contributed by atoms with E-state index < -0.39 is 30.4 Å². The quantitative estimate of drug-likeness (QED) is 0.471. The summed E-state index contributed by atoms with van der Waals surface area (Å²) in [5, 5.41) is 0. The van der Waals surface area contributed by atoms with Crippen LogP contribution in [0.15, 0.2) is 83.8 Å². The Morgan fingerprint density at radius 2 is 1.35 bits per heavy atom. The summed E-state index contributed by atoms with van der Waals surface area (Å²) in [6.45, 7) is 1.91. The van der Waals surface area contributed by atoms with Crippen molar-refractivity contribution in [2.75, 3.05) is 7.11 Å². The van der Waals surface area contributed by atoms with E-state index in [1.54, 1.807) is 31.4 Å². The first-order valence-electron chi connectivity index (χ1n) is 7.90. The maximum atomic E-state index is 12.8. The zero-order valence-corrected chi connectivity index (χ0v) is 17.4. The first kappa shape index (κ1) is 18.9. The average Bonchev–Trinajstić information content (AvgIpc) is 2.67. The zero-order valence-electron chi connectivity index (χ0n) is 14.4. The van der Waals surface area contributed by atoms with Crippen LogP contribution in [0.25, 0.3) is 0 Å². The number of halogens is 1. The van der Waals surface area contributed by atoms with Crippen LogP contribution in [0.2, 0.25) is 0 Å². The molecule has 0 N–H and O–H groups in total. The van der Waals surface area contributed by atoms with Gasteiger partial charge in [-0.2, -0.15) is 0 Å². The molecule has 6 heteroatoms. The SMILES string of the molecule is COc1ccc(I(OS(=O)(=O)c2ccc(C)cc2)c2ccccc2)cc1. The van der Waals surface area contributed by atoms with Crippen molar-refractivity contribution < 1.29 is 15.7 Å². The number of ether oxygens (including phenoxy) is 1. The summed E-state index contributed by atoms with van der Waals surface area (Å²) in [4.78, 5) is 0.176. The van der Waals surface area contributed by atoms with Gasteiger partial charge in [-0.25, -0.2) is 0 Å². The predicted molar refractivity (Wildman–Crippen MR) is 110 cm³/mol. The van der Waals surface area contributed by atoms with E-state index in [0.717, 1.165) is 18.5 Å². The fraction of sp³-hybridized carbons (Fsp3) is 0.100. The van der Waals surface area contributed by atoms with Gasteiger partial charge in [0.1, 0.15) is 0 Å². The van der Waals surface area contributed by atoms with Crippen molar-refractivity contribution in [3.63, 3.8) is 0 Å². The molecular formula is C20H19IO4S. The maximum absolute atomic E-state index is 12.8. The summed E-state index contributed by atoms with van der Waals surface area (Å²) in [5.41, 5.74) is 0.998. The number of hydrogen-bond donors (Lipinski definition) is 0. The molecule has 0 amide bonds. The van der Waals surface area contributed by atoms with Gasteiger partial charge in [0.25, 0.3) is 0 Å². The predicted octanol–water partition coefficient (Wildman–Crippen LogP) is 4.87. The minimum atomic E-state index is -3.85. The Labute approximate surface area is 161 Å². The second-order valence-electron chi connectivity index (χ2n) is 5.53. The Kier molecular flexibility index (Phi) is 5.95. The second kappa shape index (κ2) is 8.20. The van der Waals surface area contributed by atoms with Gasteiger partial charge in [-0.15, -0.1) is 0 Å². The van der Waals surface area contributed by atoms with Crippen LogP contribution in [0.4, 0.5) is 0 Å². The van der Waals surface area contributed by atoms with Crippen LogP contribution in [0, 0.1) is 14.1 Å². The van der Waals surface area contributed by atoms with Crippen LogP contribution < -0.4 is 4.74 Å². The Morgan fingerprint density at radius 3 is 1.92 bits per heavy atom. The number of benzene rings is 3. The molecule has 4 nitrogen and oxygen atoms in total. The number of hydrogen-bond acceptors (Lipinski definition) is 4. The molecule has 0 bridgehead atoms. The van der Waals surface area contributed by atoms with Crippen molar-refractivity contribution in [2.24, 2.45) is 0 Å². The van der Waals surface area contributed by atoms with Crippen molar-refractivity contribution in [3.05, 3.63) is 91.6 Å². The van der Waals surface area contributed by atoms with Crippen LogP contribution in [0.1, 0.15) is 5.56 Å². The topological polar surface area (TPSA) is 52.6 Å². The molecule has 0 aliphatic carbocycles. The molecule has 0 saturated carbocycles. The molecule has 0 aliphatic rings. The molecule has 0 heterocycles. The zero-order chi connectivity index (χ0) is 18.6. The molecule has 0 aliphatic heterocycles. The third kappa shape index (κ3) is 4.44. The van der Waals surface area contributed by atoms with E-state index in [0.29, 0.717) is 0 Å². The van der Waals surface area contributed by atoms with Crippen LogP contribution >= 0.6 is 20.2 Å². The molecule has 0 radical (unpaired) electrons. The van der Waals surface area contributed by atoms with E-state index in [-0.39, 0.29) is 4.90 Å². The molecule has 0 unspecified atom stereocenters.